The molecule has 3 aromatic rings. The maximum atomic E-state index is 5.05. The van der Waals surface area contributed by atoms with Crippen LogP contribution in [0.2, 0.25) is 0 Å². The fourth-order valence-corrected chi connectivity index (χ4v) is 4.35. The molecule has 1 aliphatic carbocycles. The van der Waals surface area contributed by atoms with Crippen molar-refractivity contribution < 1.29 is 0 Å². The molecule has 0 aliphatic heterocycles. The van der Waals surface area contributed by atoms with Gasteiger partial charge < -0.3 is 4.90 Å². The van der Waals surface area contributed by atoms with Crippen molar-refractivity contribution in [3.63, 3.8) is 0 Å². The summed E-state index contributed by atoms with van der Waals surface area (Å²) < 4.78 is 1.07. The topological polar surface area (TPSA) is 29.0 Å². The highest BCUT2D eigenvalue weighted by Gasteiger charge is 2.24. The number of fused-ring (bicyclic) bond motifs is 1. The van der Waals surface area contributed by atoms with Crippen LogP contribution in [0.5, 0.6) is 0 Å². The van der Waals surface area contributed by atoms with E-state index in [-0.39, 0.29) is 0 Å². The second-order valence-corrected chi connectivity index (χ2v) is 7.89. The Labute approximate surface area is 163 Å². The monoisotopic (exact) mass is 409 g/mol. The summed E-state index contributed by atoms with van der Waals surface area (Å²) >= 11 is 3.62. The number of hydrogen-bond acceptors (Lipinski definition) is 3. The van der Waals surface area contributed by atoms with Crippen LogP contribution in [0, 0.1) is 0 Å². The van der Waals surface area contributed by atoms with Crippen LogP contribution in [0.25, 0.3) is 22.3 Å². The van der Waals surface area contributed by atoms with Crippen LogP contribution >= 0.6 is 15.9 Å². The van der Waals surface area contributed by atoms with E-state index in [0.29, 0.717) is 6.04 Å². The Morgan fingerprint density at radius 1 is 1.00 bits per heavy atom. The molecule has 0 bridgehead atoms. The SMILES string of the molecule is CCN(c1nc(-c2ccccc2)nc2ccc(Br)cc12)C1CCCCC1. The molecule has 3 nitrogen and oxygen atoms in total. The molecule has 134 valence electrons. The van der Waals surface area contributed by atoms with Crippen molar-refractivity contribution in [2.45, 2.75) is 45.1 Å². The van der Waals surface area contributed by atoms with Crippen LogP contribution in [-0.4, -0.2) is 22.6 Å². The fourth-order valence-electron chi connectivity index (χ4n) is 3.99. The zero-order valence-corrected chi connectivity index (χ0v) is 16.7. The summed E-state index contributed by atoms with van der Waals surface area (Å²) in [5.74, 6) is 1.88. The van der Waals surface area contributed by atoms with Gasteiger partial charge in [0.15, 0.2) is 5.82 Å². The lowest BCUT2D eigenvalue weighted by atomic mass is 9.94. The van der Waals surface area contributed by atoms with Crippen molar-refractivity contribution in [2.75, 3.05) is 11.4 Å². The Kier molecular flexibility index (Phi) is 5.21. The van der Waals surface area contributed by atoms with E-state index in [0.717, 1.165) is 39.1 Å². The number of rotatable bonds is 4. The lowest BCUT2D eigenvalue weighted by Crippen LogP contribution is -2.37. The van der Waals surface area contributed by atoms with Crippen LogP contribution < -0.4 is 4.90 Å². The third-order valence-corrected chi connectivity index (χ3v) is 5.79. The van der Waals surface area contributed by atoms with E-state index in [4.69, 9.17) is 9.97 Å². The molecule has 26 heavy (non-hydrogen) atoms. The van der Waals surface area contributed by atoms with Gasteiger partial charge in [-0.25, -0.2) is 9.97 Å². The Balaban J connectivity index is 1.88. The Morgan fingerprint density at radius 3 is 2.50 bits per heavy atom. The number of aromatic nitrogens is 2. The highest BCUT2D eigenvalue weighted by atomic mass is 79.9. The van der Waals surface area contributed by atoms with E-state index in [1.54, 1.807) is 0 Å². The molecule has 0 N–H and O–H groups in total. The largest absolute Gasteiger partial charge is 0.353 e. The average molecular weight is 410 g/mol. The summed E-state index contributed by atoms with van der Waals surface area (Å²) in [7, 11) is 0. The number of anilines is 1. The molecule has 0 amide bonds. The first-order valence-corrected chi connectivity index (χ1v) is 10.3. The predicted molar refractivity (Wildman–Crippen MR) is 113 cm³/mol. The van der Waals surface area contributed by atoms with Crippen molar-refractivity contribution in [1.82, 2.24) is 9.97 Å². The molecule has 1 aliphatic rings. The highest BCUT2D eigenvalue weighted by molar-refractivity contribution is 9.10. The van der Waals surface area contributed by atoms with Gasteiger partial charge in [0.05, 0.1) is 5.52 Å². The van der Waals surface area contributed by atoms with E-state index in [2.05, 4.69) is 58.1 Å². The molecule has 1 aromatic heterocycles. The zero-order valence-electron chi connectivity index (χ0n) is 15.2. The van der Waals surface area contributed by atoms with Crippen LogP contribution in [0.1, 0.15) is 39.0 Å². The standard InChI is InChI=1S/C22H24BrN3/c1-2-26(18-11-7-4-8-12-18)22-19-15-17(23)13-14-20(19)24-21(25-22)16-9-5-3-6-10-16/h3,5-6,9-10,13-15,18H,2,4,7-8,11-12H2,1H3. The Bertz CT molecular complexity index is 889. The average Bonchev–Trinajstić information content (AvgIpc) is 2.70. The van der Waals surface area contributed by atoms with Gasteiger partial charge in [-0.05, 0) is 38.0 Å². The van der Waals surface area contributed by atoms with Gasteiger partial charge in [-0.15, -0.1) is 0 Å². The summed E-state index contributed by atoms with van der Waals surface area (Å²) in [6.45, 7) is 3.21. The van der Waals surface area contributed by atoms with Crippen molar-refractivity contribution in [1.29, 1.82) is 0 Å². The van der Waals surface area contributed by atoms with Crippen molar-refractivity contribution in [3.8, 4) is 11.4 Å². The lowest BCUT2D eigenvalue weighted by molar-refractivity contribution is 0.417. The maximum absolute atomic E-state index is 5.05. The summed E-state index contributed by atoms with van der Waals surface area (Å²) in [5.41, 5.74) is 2.07. The molecule has 0 atom stereocenters. The van der Waals surface area contributed by atoms with Crippen LogP contribution in [0.3, 0.4) is 0 Å². The number of hydrogen-bond donors (Lipinski definition) is 0. The minimum atomic E-state index is 0.578. The Morgan fingerprint density at radius 2 is 1.77 bits per heavy atom. The molecule has 0 spiro atoms. The molecule has 1 saturated carbocycles. The van der Waals surface area contributed by atoms with E-state index in [1.807, 2.05) is 18.2 Å². The minimum absolute atomic E-state index is 0.578. The Hall–Kier alpha value is -1.94. The van der Waals surface area contributed by atoms with Gasteiger partial charge in [0.25, 0.3) is 0 Å². The highest BCUT2D eigenvalue weighted by Crippen LogP contribution is 2.33. The zero-order chi connectivity index (χ0) is 17.9. The van der Waals surface area contributed by atoms with Gasteiger partial charge in [-0.3, -0.25) is 0 Å². The molecule has 4 rings (SSSR count). The molecular formula is C22H24BrN3. The third kappa shape index (κ3) is 3.48. The van der Waals surface area contributed by atoms with Crippen molar-refractivity contribution in [2.24, 2.45) is 0 Å². The summed E-state index contributed by atoms with van der Waals surface area (Å²) in [4.78, 5) is 12.4. The van der Waals surface area contributed by atoms with Crippen molar-refractivity contribution in [3.05, 3.63) is 53.0 Å². The first-order valence-electron chi connectivity index (χ1n) is 9.55. The van der Waals surface area contributed by atoms with E-state index >= 15 is 0 Å². The molecular weight excluding hydrogens is 386 g/mol. The number of halogens is 1. The van der Waals surface area contributed by atoms with E-state index < -0.39 is 0 Å². The van der Waals surface area contributed by atoms with E-state index in [1.165, 1.54) is 32.1 Å². The summed E-state index contributed by atoms with van der Waals surface area (Å²) in [6, 6.07) is 17.2. The molecule has 1 fully saturated rings. The fraction of sp³-hybridized carbons (Fsp3) is 0.364. The van der Waals surface area contributed by atoms with Crippen LogP contribution in [0.4, 0.5) is 5.82 Å². The van der Waals surface area contributed by atoms with Gasteiger partial charge in [0.2, 0.25) is 0 Å². The van der Waals surface area contributed by atoms with Crippen LogP contribution in [-0.2, 0) is 0 Å². The van der Waals surface area contributed by atoms with Crippen LogP contribution in [0.15, 0.2) is 53.0 Å². The molecule has 0 radical (unpaired) electrons. The molecule has 0 saturated heterocycles. The third-order valence-electron chi connectivity index (χ3n) is 5.30. The van der Waals surface area contributed by atoms with Gasteiger partial charge >= 0.3 is 0 Å². The normalized spacial score (nSPS) is 15.3. The van der Waals surface area contributed by atoms with E-state index in [9.17, 15) is 0 Å². The number of benzene rings is 2. The van der Waals surface area contributed by atoms with Gasteiger partial charge in [0.1, 0.15) is 5.82 Å². The number of nitrogens with zero attached hydrogens (tertiary/aromatic N) is 3. The summed E-state index contributed by atoms with van der Waals surface area (Å²) in [5, 5.41) is 1.13. The molecule has 2 aromatic carbocycles. The summed E-state index contributed by atoms with van der Waals surface area (Å²) in [6.07, 6.45) is 6.51. The van der Waals surface area contributed by atoms with Gasteiger partial charge in [-0.2, -0.15) is 0 Å². The lowest BCUT2D eigenvalue weighted by Gasteiger charge is -2.35. The smallest absolute Gasteiger partial charge is 0.162 e. The van der Waals surface area contributed by atoms with Gasteiger partial charge in [0, 0.05) is 28.0 Å². The van der Waals surface area contributed by atoms with Crippen molar-refractivity contribution >= 4 is 32.7 Å². The maximum Gasteiger partial charge on any atom is 0.162 e. The second kappa shape index (κ2) is 7.75. The first-order chi connectivity index (χ1) is 12.8. The molecule has 1 heterocycles. The second-order valence-electron chi connectivity index (χ2n) is 6.98. The molecule has 4 heteroatoms. The minimum Gasteiger partial charge on any atom is -0.353 e. The molecule has 0 unspecified atom stereocenters. The predicted octanol–water partition coefficient (Wildman–Crippen LogP) is 6.22. The first kappa shape index (κ1) is 17.5. The quantitative estimate of drug-likeness (QED) is 0.511. The van der Waals surface area contributed by atoms with Gasteiger partial charge in [-0.1, -0.05) is 65.5 Å².